The first-order valence-electron chi connectivity index (χ1n) is 3.36. The first kappa shape index (κ1) is 7.88. The maximum Gasteiger partial charge on any atom is 0.274 e. The van der Waals surface area contributed by atoms with E-state index in [0.717, 1.165) is 0 Å². The largest absolute Gasteiger partial charge is 0.390 e. The van der Waals surface area contributed by atoms with Crippen LogP contribution in [0.5, 0.6) is 0 Å². The lowest BCUT2D eigenvalue weighted by molar-refractivity contribution is -0.0912. The molecule has 1 aliphatic rings. The van der Waals surface area contributed by atoms with Crippen LogP contribution >= 0.6 is 0 Å². The third-order valence-electron chi connectivity index (χ3n) is 1.87. The molecule has 4 heteroatoms. The van der Waals surface area contributed by atoms with Crippen LogP contribution in [-0.4, -0.2) is 30.7 Å². The molecule has 2 N–H and O–H groups in total. The van der Waals surface area contributed by atoms with Crippen LogP contribution in [0.2, 0.25) is 0 Å². The van der Waals surface area contributed by atoms with Crippen molar-refractivity contribution in [3.8, 4) is 0 Å². The molecule has 1 heterocycles. The highest BCUT2D eigenvalue weighted by molar-refractivity contribution is 4.83. The van der Waals surface area contributed by atoms with Gasteiger partial charge in [0.05, 0.1) is 0 Å². The zero-order valence-electron chi connectivity index (χ0n) is 5.61. The number of aliphatic hydroxyl groups is 1. The lowest BCUT2D eigenvalue weighted by Gasteiger charge is -2.19. The van der Waals surface area contributed by atoms with Crippen molar-refractivity contribution >= 4 is 0 Å². The quantitative estimate of drug-likeness (QED) is 0.592. The van der Waals surface area contributed by atoms with Crippen LogP contribution in [0.1, 0.15) is 6.42 Å². The molecule has 1 unspecified atom stereocenters. The molecule has 0 radical (unpaired) electrons. The summed E-state index contributed by atoms with van der Waals surface area (Å²) in [4.78, 5) is 0. The fourth-order valence-electron chi connectivity index (χ4n) is 1.14. The minimum atomic E-state index is -2.89. The van der Waals surface area contributed by atoms with Gasteiger partial charge < -0.3 is 10.4 Å². The summed E-state index contributed by atoms with van der Waals surface area (Å²) in [5, 5.41) is 11.1. The number of hydrogen-bond acceptors (Lipinski definition) is 2. The van der Waals surface area contributed by atoms with Gasteiger partial charge in [0.1, 0.15) is 6.61 Å². The minimum Gasteiger partial charge on any atom is -0.390 e. The van der Waals surface area contributed by atoms with Gasteiger partial charge >= 0.3 is 0 Å². The Morgan fingerprint density at radius 3 is 2.70 bits per heavy atom. The van der Waals surface area contributed by atoms with Gasteiger partial charge in [-0.2, -0.15) is 0 Å². The Morgan fingerprint density at radius 1 is 1.60 bits per heavy atom. The lowest BCUT2D eigenvalue weighted by Crippen LogP contribution is -2.33. The van der Waals surface area contributed by atoms with Gasteiger partial charge in [0.25, 0.3) is 5.92 Å². The predicted molar refractivity (Wildman–Crippen MR) is 33.0 cm³/mol. The molecule has 0 saturated carbocycles. The zero-order valence-corrected chi connectivity index (χ0v) is 5.61. The van der Waals surface area contributed by atoms with E-state index >= 15 is 0 Å². The molecular weight excluding hydrogens is 140 g/mol. The van der Waals surface area contributed by atoms with Gasteiger partial charge in [-0.1, -0.05) is 0 Å². The predicted octanol–water partition coefficient (Wildman–Crippen LogP) is 0.224. The first-order chi connectivity index (χ1) is 4.67. The molecule has 1 fully saturated rings. The zero-order chi connectivity index (χ0) is 7.61. The third kappa shape index (κ3) is 1.44. The molecule has 0 amide bonds. The number of rotatable bonds is 2. The summed E-state index contributed by atoms with van der Waals surface area (Å²) in [5.41, 5.74) is 0. The van der Waals surface area contributed by atoms with Crippen molar-refractivity contribution < 1.29 is 13.9 Å². The highest BCUT2D eigenvalue weighted by atomic mass is 19.3. The molecule has 1 atom stereocenters. The van der Waals surface area contributed by atoms with Crippen LogP contribution in [0.25, 0.3) is 0 Å². The molecule has 1 saturated heterocycles. The van der Waals surface area contributed by atoms with Crippen LogP contribution in [0, 0.1) is 5.92 Å². The third-order valence-corrected chi connectivity index (χ3v) is 1.87. The van der Waals surface area contributed by atoms with Crippen molar-refractivity contribution in [3.63, 3.8) is 0 Å². The summed E-state index contributed by atoms with van der Waals surface area (Å²) in [5.74, 6) is -3.55. The Kier molecular flexibility index (Phi) is 2.21. The molecule has 0 bridgehead atoms. The molecule has 1 rings (SSSR count). The second-order valence-electron chi connectivity index (χ2n) is 2.61. The van der Waals surface area contributed by atoms with Gasteiger partial charge in [0, 0.05) is 12.5 Å². The molecular formula is C6H11F2NO. The van der Waals surface area contributed by atoms with Crippen molar-refractivity contribution in [3.05, 3.63) is 0 Å². The monoisotopic (exact) mass is 151 g/mol. The van der Waals surface area contributed by atoms with Crippen molar-refractivity contribution in [1.82, 2.24) is 5.32 Å². The standard InChI is InChI=1S/C6H11F2NO/c7-6(8,4-10)5-1-2-9-3-5/h5,9-10H,1-4H2. The highest BCUT2D eigenvalue weighted by Gasteiger charge is 2.39. The van der Waals surface area contributed by atoms with Crippen molar-refractivity contribution in [1.29, 1.82) is 0 Å². The maximum absolute atomic E-state index is 12.6. The Morgan fingerprint density at radius 2 is 2.30 bits per heavy atom. The molecule has 0 aliphatic carbocycles. The summed E-state index contributed by atoms with van der Waals surface area (Å²) in [6.07, 6.45) is 0.466. The lowest BCUT2D eigenvalue weighted by atomic mass is 10.0. The molecule has 0 aromatic heterocycles. The van der Waals surface area contributed by atoms with Crippen molar-refractivity contribution in [2.75, 3.05) is 19.7 Å². The van der Waals surface area contributed by atoms with Gasteiger partial charge in [-0.25, -0.2) is 8.78 Å². The van der Waals surface area contributed by atoms with Crippen LogP contribution in [0.15, 0.2) is 0 Å². The number of halogens is 2. The average molecular weight is 151 g/mol. The molecule has 0 aromatic rings. The van der Waals surface area contributed by atoms with E-state index < -0.39 is 18.4 Å². The number of aliphatic hydroxyl groups excluding tert-OH is 1. The molecule has 0 spiro atoms. The Labute approximate surface area is 58.2 Å². The smallest absolute Gasteiger partial charge is 0.274 e. The van der Waals surface area contributed by atoms with Gasteiger partial charge in [-0.3, -0.25) is 0 Å². The molecule has 60 valence electrons. The Balaban J connectivity index is 2.45. The SMILES string of the molecule is OCC(F)(F)C1CCNC1. The number of nitrogens with one attached hydrogen (secondary N) is 1. The fourth-order valence-corrected chi connectivity index (χ4v) is 1.14. The normalized spacial score (nSPS) is 27.3. The van der Waals surface area contributed by atoms with Gasteiger partial charge in [0.2, 0.25) is 0 Å². The Hall–Kier alpha value is -0.220. The fraction of sp³-hybridized carbons (Fsp3) is 1.00. The highest BCUT2D eigenvalue weighted by Crippen LogP contribution is 2.28. The topological polar surface area (TPSA) is 32.3 Å². The number of hydrogen-bond donors (Lipinski definition) is 2. The van der Waals surface area contributed by atoms with Crippen molar-refractivity contribution in [2.24, 2.45) is 5.92 Å². The Bertz CT molecular complexity index is 112. The van der Waals surface area contributed by atoms with E-state index in [4.69, 9.17) is 5.11 Å². The van der Waals surface area contributed by atoms with Crippen LogP contribution in [0.3, 0.4) is 0 Å². The summed E-state index contributed by atoms with van der Waals surface area (Å²) >= 11 is 0. The number of alkyl halides is 2. The van der Waals surface area contributed by atoms with Gasteiger partial charge in [0.15, 0.2) is 0 Å². The molecule has 0 aromatic carbocycles. The second kappa shape index (κ2) is 2.80. The summed E-state index contributed by atoms with van der Waals surface area (Å²) in [6.45, 7) is -0.0623. The van der Waals surface area contributed by atoms with E-state index in [1.165, 1.54) is 0 Å². The summed E-state index contributed by atoms with van der Waals surface area (Å²) in [7, 11) is 0. The maximum atomic E-state index is 12.6. The summed E-state index contributed by atoms with van der Waals surface area (Å²) in [6, 6.07) is 0. The average Bonchev–Trinajstić information content (AvgIpc) is 2.38. The second-order valence-corrected chi connectivity index (χ2v) is 2.61. The first-order valence-corrected chi connectivity index (χ1v) is 3.36. The molecule has 10 heavy (non-hydrogen) atoms. The molecule has 2 nitrogen and oxygen atoms in total. The van der Waals surface area contributed by atoms with E-state index in [2.05, 4.69) is 5.32 Å². The minimum absolute atomic E-state index is 0.327. The summed E-state index contributed by atoms with van der Waals surface area (Å²) < 4.78 is 25.1. The van der Waals surface area contributed by atoms with E-state index in [9.17, 15) is 8.78 Å². The van der Waals surface area contributed by atoms with Crippen LogP contribution < -0.4 is 5.32 Å². The van der Waals surface area contributed by atoms with E-state index in [-0.39, 0.29) is 0 Å². The van der Waals surface area contributed by atoms with Crippen LogP contribution in [-0.2, 0) is 0 Å². The molecule has 1 aliphatic heterocycles. The van der Waals surface area contributed by atoms with E-state index in [0.29, 0.717) is 19.5 Å². The van der Waals surface area contributed by atoms with Crippen LogP contribution in [0.4, 0.5) is 8.78 Å². The van der Waals surface area contributed by atoms with Crippen molar-refractivity contribution in [2.45, 2.75) is 12.3 Å². The van der Waals surface area contributed by atoms with Gasteiger partial charge in [-0.15, -0.1) is 0 Å². The van der Waals surface area contributed by atoms with Gasteiger partial charge in [-0.05, 0) is 13.0 Å². The van der Waals surface area contributed by atoms with E-state index in [1.807, 2.05) is 0 Å². The van der Waals surface area contributed by atoms with E-state index in [1.54, 1.807) is 0 Å².